The van der Waals surface area contributed by atoms with Crippen LogP contribution in [0, 0.1) is 12.8 Å². The molecule has 0 unspecified atom stereocenters. The maximum Gasteiger partial charge on any atom is 0.573 e. The van der Waals surface area contributed by atoms with Gasteiger partial charge in [0.25, 0.3) is 0 Å². The number of allylic oxidation sites excluding steroid dienone is 3. The Hall–Kier alpha value is -2.37. The van der Waals surface area contributed by atoms with Gasteiger partial charge in [0, 0.05) is 23.7 Å². The van der Waals surface area contributed by atoms with Crippen LogP contribution in [0.5, 0.6) is 5.75 Å². The summed E-state index contributed by atoms with van der Waals surface area (Å²) in [6, 6.07) is 4.10. The molecular formula is C22H29F3N2O. The summed E-state index contributed by atoms with van der Waals surface area (Å²) in [7, 11) is 0. The summed E-state index contributed by atoms with van der Waals surface area (Å²) in [5.41, 5.74) is 2.87. The molecule has 0 spiro atoms. The monoisotopic (exact) mass is 394 g/mol. The van der Waals surface area contributed by atoms with E-state index in [1.54, 1.807) is 19.3 Å². The number of nitrogens with zero attached hydrogens (tertiary/aromatic N) is 2. The second-order valence-electron chi connectivity index (χ2n) is 6.60. The van der Waals surface area contributed by atoms with Gasteiger partial charge in [0.1, 0.15) is 5.75 Å². The Bertz CT molecular complexity index is 743. The molecule has 0 aromatic heterocycles. The molecule has 2 rings (SSSR count). The first kappa shape index (κ1) is 23.7. The molecule has 1 saturated carbocycles. The molecule has 1 aliphatic rings. The van der Waals surface area contributed by atoms with Crippen molar-refractivity contribution in [3.63, 3.8) is 0 Å². The molecule has 0 N–H and O–H groups in total. The van der Waals surface area contributed by atoms with Gasteiger partial charge in [0.15, 0.2) is 0 Å². The van der Waals surface area contributed by atoms with Gasteiger partial charge in [-0.15, -0.1) is 13.2 Å². The third-order valence-corrected chi connectivity index (χ3v) is 3.95. The summed E-state index contributed by atoms with van der Waals surface area (Å²) in [5.74, 6) is 0.831. The predicted octanol–water partition coefficient (Wildman–Crippen LogP) is 7.34. The van der Waals surface area contributed by atoms with Crippen molar-refractivity contribution >= 4 is 17.6 Å². The van der Waals surface area contributed by atoms with Crippen molar-refractivity contribution in [2.75, 3.05) is 0 Å². The Morgan fingerprint density at radius 3 is 2.32 bits per heavy atom. The van der Waals surface area contributed by atoms with Gasteiger partial charge in [0.2, 0.25) is 0 Å². The van der Waals surface area contributed by atoms with Gasteiger partial charge in [-0.05, 0) is 56.9 Å². The summed E-state index contributed by atoms with van der Waals surface area (Å²) in [5, 5.41) is 0. The minimum Gasteiger partial charge on any atom is -0.406 e. The number of hydrogen-bond acceptors (Lipinski definition) is 3. The molecule has 1 aromatic carbocycles. The molecule has 0 aliphatic heterocycles. The number of rotatable bonds is 6. The van der Waals surface area contributed by atoms with Gasteiger partial charge in [-0.3, -0.25) is 9.98 Å². The predicted molar refractivity (Wildman–Crippen MR) is 111 cm³/mol. The molecule has 3 nitrogen and oxygen atoms in total. The topological polar surface area (TPSA) is 34.0 Å². The molecule has 154 valence electrons. The first-order valence-corrected chi connectivity index (χ1v) is 9.45. The third-order valence-electron chi connectivity index (χ3n) is 3.95. The standard InChI is InChI=1S/C18H21F3N2O.C4H8/c1-5-10-22-12-14(6-2)16(7-3)23-17-9-8-15(11-13(17)4)24-18(19,20)21;1-4-2-3-4/h5-6,8-12H,7H2,1-4H3;4H,2-3H2,1H3/b10-5-,14-6+,22-12+,23-16?;. The maximum atomic E-state index is 12.3. The van der Waals surface area contributed by atoms with Crippen LogP contribution in [-0.4, -0.2) is 18.3 Å². The SMILES string of the molecule is CC1CC1.C\C=C/N=C/C(=C\C)C(CC)=Nc1ccc(OC(F)(F)F)cc1C. The van der Waals surface area contributed by atoms with Gasteiger partial charge in [-0.25, -0.2) is 0 Å². The lowest BCUT2D eigenvalue weighted by atomic mass is 10.1. The molecule has 0 heterocycles. The van der Waals surface area contributed by atoms with Crippen molar-refractivity contribution in [3.05, 3.63) is 47.7 Å². The zero-order chi connectivity index (χ0) is 21.2. The van der Waals surface area contributed by atoms with E-state index in [1.807, 2.05) is 32.9 Å². The normalized spacial score (nSPS) is 15.7. The molecule has 1 aromatic rings. The average Bonchev–Trinajstić information content (AvgIpc) is 3.40. The van der Waals surface area contributed by atoms with Crippen LogP contribution in [0.15, 0.2) is 52.1 Å². The highest BCUT2D eigenvalue weighted by Crippen LogP contribution is 2.29. The lowest BCUT2D eigenvalue weighted by Gasteiger charge is -2.11. The van der Waals surface area contributed by atoms with E-state index in [0.29, 0.717) is 17.7 Å². The quantitative estimate of drug-likeness (QED) is 0.465. The number of hydrogen-bond donors (Lipinski definition) is 0. The largest absolute Gasteiger partial charge is 0.573 e. The summed E-state index contributed by atoms with van der Waals surface area (Å²) in [6.45, 7) is 9.69. The fourth-order valence-electron chi connectivity index (χ4n) is 2.14. The van der Waals surface area contributed by atoms with Gasteiger partial charge in [0.05, 0.1) is 5.69 Å². The van der Waals surface area contributed by atoms with Crippen LogP contribution in [0.3, 0.4) is 0 Å². The van der Waals surface area contributed by atoms with E-state index in [4.69, 9.17) is 0 Å². The van der Waals surface area contributed by atoms with Crippen LogP contribution in [0.25, 0.3) is 0 Å². The van der Waals surface area contributed by atoms with Gasteiger partial charge in [-0.1, -0.05) is 38.8 Å². The third kappa shape index (κ3) is 9.53. The Kier molecular flexibility index (Phi) is 9.69. The molecule has 0 saturated heterocycles. The number of halogens is 3. The van der Waals surface area contributed by atoms with Gasteiger partial charge >= 0.3 is 6.36 Å². The van der Waals surface area contributed by atoms with Crippen LogP contribution < -0.4 is 4.74 Å². The first-order valence-electron chi connectivity index (χ1n) is 9.45. The van der Waals surface area contributed by atoms with Crippen molar-refractivity contribution in [1.82, 2.24) is 0 Å². The molecule has 0 bridgehead atoms. The molecule has 28 heavy (non-hydrogen) atoms. The Balaban J connectivity index is 0.000000863. The Morgan fingerprint density at radius 1 is 1.25 bits per heavy atom. The van der Waals surface area contributed by atoms with E-state index in [0.717, 1.165) is 17.2 Å². The molecule has 0 atom stereocenters. The lowest BCUT2D eigenvalue weighted by Crippen LogP contribution is -2.17. The molecule has 0 radical (unpaired) electrons. The molecule has 0 amide bonds. The highest BCUT2D eigenvalue weighted by atomic mass is 19.4. The minimum atomic E-state index is -4.70. The van der Waals surface area contributed by atoms with Crippen molar-refractivity contribution in [2.45, 2.75) is 60.2 Å². The zero-order valence-corrected chi connectivity index (χ0v) is 17.2. The van der Waals surface area contributed by atoms with Crippen LogP contribution in [0.1, 0.15) is 52.5 Å². The smallest absolute Gasteiger partial charge is 0.406 e. The summed E-state index contributed by atoms with van der Waals surface area (Å²) < 4.78 is 40.7. The van der Waals surface area contributed by atoms with Crippen LogP contribution in [0.4, 0.5) is 18.9 Å². The van der Waals surface area contributed by atoms with Crippen molar-refractivity contribution in [1.29, 1.82) is 0 Å². The molecule has 1 fully saturated rings. The number of aryl methyl sites for hydroxylation is 1. The number of alkyl halides is 3. The lowest BCUT2D eigenvalue weighted by molar-refractivity contribution is -0.274. The zero-order valence-electron chi connectivity index (χ0n) is 17.2. The minimum absolute atomic E-state index is 0.252. The van der Waals surface area contributed by atoms with Crippen LogP contribution >= 0.6 is 0 Å². The van der Waals surface area contributed by atoms with Gasteiger partial charge in [-0.2, -0.15) is 0 Å². The molecule has 6 heteroatoms. The second-order valence-corrected chi connectivity index (χ2v) is 6.60. The van der Waals surface area contributed by atoms with E-state index in [1.165, 1.54) is 31.0 Å². The highest BCUT2D eigenvalue weighted by molar-refractivity contribution is 6.16. The fraction of sp³-hybridized carbons (Fsp3) is 0.455. The van der Waals surface area contributed by atoms with Gasteiger partial charge < -0.3 is 4.74 Å². The Labute approximate surface area is 165 Å². The van der Waals surface area contributed by atoms with Crippen molar-refractivity contribution in [2.24, 2.45) is 15.9 Å². The fourth-order valence-corrected chi connectivity index (χ4v) is 2.14. The second kappa shape index (κ2) is 11.5. The summed E-state index contributed by atoms with van der Waals surface area (Å²) >= 11 is 0. The van der Waals surface area contributed by atoms with Crippen molar-refractivity contribution in [3.8, 4) is 5.75 Å². The molecular weight excluding hydrogens is 365 g/mol. The van der Waals surface area contributed by atoms with E-state index in [2.05, 4.69) is 21.6 Å². The van der Waals surface area contributed by atoms with Crippen LogP contribution in [-0.2, 0) is 0 Å². The number of aliphatic imine (C=N–C) groups is 2. The molecule has 1 aliphatic carbocycles. The summed E-state index contributed by atoms with van der Waals surface area (Å²) in [4.78, 5) is 8.71. The Morgan fingerprint density at radius 2 is 1.89 bits per heavy atom. The van der Waals surface area contributed by atoms with Crippen molar-refractivity contribution < 1.29 is 17.9 Å². The van der Waals surface area contributed by atoms with E-state index < -0.39 is 6.36 Å². The summed E-state index contributed by atoms with van der Waals surface area (Å²) in [6.07, 6.45) is 6.03. The number of benzene rings is 1. The van der Waals surface area contributed by atoms with Crippen LogP contribution in [0.2, 0.25) is 0 Å². The average molecular weight is 394 g/mol. The number of ether oxygens (including phenoxy) is 1. The first-order chi connectivity index (χ1) is 13.2. The highest BCUT2D eigenvalue weighted by Gasteiger charge is 2.31. The van der Waals surface area contributed by atoms with E-state index in [9.17, 15) is 13.2 Å². The van der Waals surface area contributed by atoms with E-state index >= 15 is 0 Å². The van der Waals surface area contributed by atoms with E-state index in [-0.39, 0.29) is 5.75 Å². The maximum absolute atomic E-state index is 12.3.